The van der Waals surface area contributed by atoms with Gasteiger partial charge in [0.1, 0.15) is 6.04 Å². The molecule has 32 heavy (non-hydrogen) atoms. The number of fused-ring (bicyclic) bond motifs is 3. The zero-order valence-electron chi connectivity index (χ0n) is 17.5. The summed E-state index contributed by atoms with van der Waals surface area (Å²) in [4.78, 5) is 22.3. The number of nitrogens with zero attached hydrogens (tertiary/aromatic N) is 4. The molecular weight excluding hydrogens is 426 g/mol. The average Bonchev–Trinajstić information content (AvgIpc) is 3.13. The van der Waals surface area contributed by atoms with E-state index in [4.69, 9.17) is 14.7 Å². The highest BCUT2D eigenvalue weighted by molar-refractivity contribution is 7.91. The summed E-state index contributed by atoms with van der Waals surface area (Å²) in [6.07, 6.45) is 3.95. The van der Waals surface area contributed by atoms with Gasteiger partial charge in [0.2, 0.25) is 11.9 Å². The summed E-state index contributed by atoms with van der Waals surface area (Å²) in [6, 6.07) is 14.2. The molecule has 10 heteroatoms. The van der Waals surface area contributed by atoms with Gasteiger partial charge in [-0.3, -0.25) is 4.79 Å². The van der Waals surface area contributed by atoms with Crippen molar-refractivity contribution in [2.75, 3.05) is 18.1 Å². The van der Waals surface area contributed by atoms with Crippen LogP contribution in [0.1, 0.15) is 19.3 Å². The number of hydrogen-bond donors (Lipinski definition) is 3. The summed E-state index contributed by atoms with van der Waals surface area (Å²) in [6.45, 7) is 0.672. The highest BCUT2D eigenvalue weighted by Gasteiger charge is 2.24. The van der Waals surface area contributed by atoms with Crippen molar-refractivity contribution in [3.05, 3.63) is 48.5 Å². The Bertz CT molecular complexity index is 1450. The molecule has 3 heterocycles. The number of para-hydroxylation sites is 1. The molecule has 1 amide bonds. The van der Waals surface area contributed by atoms with Crippen LogP contribution in [0.4, 0.5) is 5.95 Å². The number of anilines is 1. The van der Waals surface area contributed by atoms with E-state index in [1.807, 2.05) is 24.3 Å². The second-order valence-corrected chi connectivity index (χ2v) is 10.1. The minimum absolute atomic E-state index is 0.0591. The molecule has 0 saturated carbocycles. The van der Waals surface area contributed by atoms with Crippen molar-refractivity contribution in [1.82, 2.24) is 24.9 Å². The fourth-order valence-electron chi connectivity index (χ4n) is 3.99. The van der Waals surface area contributed by atoms with Gasteiger partial charge >= 0.3 is 0 Å². The van der Waals surface area contributed by atoms with Crippen LogP contribution >= 0.6 is 0 Å². The second-order valence-electron chi connectivity index (χ2n) is 7.95. The van der Waals surface area contributed by atoms with Crippen molar-refractivity contribution >= 4 is 38.1 Å². The van der Waals surface area contributed by atoms with Gasteiger partial charge in [0.05, 0.1) is 20.1 Å². The van der Waals surface area contributed by atoms with Crippen LogP contribution < -0.4 is 10.6 Å². The number of benzene rings is 2. The number of aromatic nitrogens is 4. The van der Waals surface area contributed by atoms with Crippen LogP contribution in [-0.2, 0) is 14.5 Å². The number of nitrogens with one attached hydrogen (secondary N) is 3. The molecule has 9 nitrogen and oxygen atoms in total. The maximum atomic E-state index is 12.5. The zero-order valence-corrected chi connectivity index (χ0v) is 18.4. The van der Waals surface area contributed by atoms with Gasteiger partial charge in [-0.15, -0.1) is 5.10 Å². The minimum atomic E-state index is -2.98. The Balaban J connectivity index is 1.70. The van der Waals surface area contributed by atoms with E-state index in [1.54, 1.807) is 28.8 Å². The van der Waals surface area contributed by atoms with Gasteiger partial charge in [-0.2, -0.15) is 4.52 Å². The maximum Gasteiger partial charge on any atom is 0.242 e. The minimum Gasteiger partial charge on any atom is -0.354 e. The summed E-state index contributed by atoms with van der Waals surface area (Å²) >= 11 is 0. The summed E-state index contributed by atoms with van der Waals surface area (Å²) < 4.78 is 22.2. The molecule has 164 valence electrons. The quantitative estimate of drug-likeness (QED) is 0.440. The van der Waals surface area contributed by atoms with Crippen LogP contribution in [0.3, 0.4) is 0 Å². The van der Waals surface area contributed by atoms with Crippen molar-refractivity contribution in [3.8, 4) is 11.4 Å². The molecule has 0 bridgehead atoms. The molecular formula is C22H23N7O2S. The largest absolute Gasteiger partial charge is 0.354 e. The van der Waals surface area contributed by atoms with Gasteiger partial charge in [0.15, 0.2) is 11.5 Å². The van der Waals surface area contributed by atoms with Crippen molar-refractivity contribution in [2.45, 2.75) is 30.2 Å². The second kappa shape index (κ2) is 7.86. The third kappa shape index (κ3) is 3.66. The van der Waals surface area contributed by atoms with E-state index in [-0.39, 0.29) is 5.91 Å². The van der Waals surface area contributed by atoms with Crippen molar-refractivity contribution < 1.29 is 9.00 Å². The van der Waals surface area contributed by atoms with Crippen LogP contribution in [-0.4, -0.2) is 48.5 Å². The lowest BCUT2D eigenvalue weighted by molar-refractivity contribution is -0.121. The third-order valence-electron chi connectivity index (χ3n) is 5.57. The first-order valence-electron chi connectivity index (χ1n) is 10.4. The maximum absolute atomic E-state index is 12.5. The lowest BCUT2D eigenvalue weighted by Gasteiger charge is -2.16. The Morgan fingerprint density at radius 2 is 1.91 bits per heavy atom. The van der Waals surface area contributed by atoms with Crippen LogP contribution in [0.5, 0.6) is 0 Å². The van der Waals surface area contributed by atoms with Gasteiger partial charge in [0, 0.05) is 23.8 Å². The number of amides is 1. The molecule has 2 aromatic carbocycles. The van der Waals surface area contributed by atoms with Crippen LogP contribution in [0.25, 0.3) is 27.9 Å². The van der Waals surface area contributed by atoms with Crippen LogP contribution in [0, 0.1) is 4.78 Å². The fourth-order valence-corrected chi connectivity index (χ4v) is 4.90. The van der Waals surface area contributed by atoms with E-state index in [0.29, 0.717) is 40.8 Å². The van der Waals surface area contributed by atoms with Crippen molar-refractivity contribution in [2.24, 2.45) is 0 Å². The molecule has 1 aliphatic rings. The normalized spacial score (nSPS) is 18.8. The van der Waals surface area contributed by atoms with Crippen LogP contribution in [0.15, 0.2) is 53.4 Å². The first-order chi connectivity index (χ1) is 15.4. The van der Waals surface area contributed by atoms with Gasteiger partial charge < -0.3 is 10.6 Å². The third-order valence-corrected chi connectivity index (χ3v) is 6.76. The van der Waals surface area contributed by atoms with Crippen molar-refractivity contribution in [3.63, 3.8) is 0 Å². The number of carbonyl (C=O) groups excluding carboxylic acids is 1. The topological polar surface area (TPSA) is 125 Å². The predicted molar refractivity (Wildman–Crippen MR) is 123 cm³/mol. The Kier molecular flexibility index (Phi) is 5.01. The number of rotatable bonds is 4. The molecule has 0 aliphatic carbocycles. The molecule has 2 atom stereocenters. The summed E-state index contributed by atoms with van der Waals surface area (Å²) in [5, 5.41) is 11.7. The average molecular weight is 450 g/mol. The molecule has 1 fully saturated rings. The molecule has 1 aliphatic heterocycles. The summed E-state index contributed by atoms with van der Waals surface area (Å²) in [7, 11) is -2.98. The Hall–Kier alpha value is -3.53. The predicted octanol–water partition coefficient (Wildman–Crippen LogP) is 3.06. The highest BCUT2D eigenvalue weighted by atomic mass is 32.2. The summed E-state index contributed by atoms with van der Waals surface area (Å²) in [5.74, 6) is 0.713. The zero-order chi connectivity index (χ0) is 22.3. The standard InChI is InChI=1S/C22H23N7O2S/c1-32(23,31)18-12-5-3-9-15(18)19-27-20-14-8-2-4-10-16(14)25-22(29(20)28-19)26-17-11-6-7-13-24-21(17)30/h2-5,8-10,12,17,23H,6-7,11,13H2,1H3,(H,24,30)(H,25,26)/t17-,32+/m1/s1. The molecule has 5 rings (SSSR count). The highest BCUT2D eigenvalue weighted by Crippen LogP contribution is 2.28. The Labute approximate surface area is 185 Å². The van der Waals surface area contributed by atoms with E-state index >= 15 is 0 Å². The molecule has 2 aromatic heterocycles. The lowest BCUT2D eigenvalue weighted by Crippen LogP contribution is -2.38. The number of hydrogen-bond acceptors (Lipinski definition) is 7. The van der Waals surface area contributed by atoms with Crippen LogP contribution in [0.2, 0.25) is 0 Å². The molecule has 1 saturated heterocycles. The lowest BCUT2D eigenvalue weighted by atomic mass is 10.1. The molecule has 4 aromatic rings. The van der Waals surface area contributed by atoms with Gasteiger partial charge in [-0.1, -0.05) is 24.3 Å². The SMILES string of the molecule is C[S@](=N)(=O)c1ccccc1-c1nc2c3ccccc3nc(N[C@@H]3CCCCNC3=O)n2n1. The Morgan fingerprint density at radius 3 is 2.75 bits per heavy atom. The molecule has 3 N–H and O–H groups in total. The molecule has 0 spiro atoms. The van der Waals surface area contributed by atoms with E-state index in [1.165, 1.54) is 6.26 Å². The monoisotopic (exact) mass is 449 g/mol. The fraction of sp³-hybridized carbons (Fsp3) is 0.273. The molecule has 0 radical (unpaired) electrons. The van der Waals surface area contributed by atoms with Crippen molar-refractivity contribution in [1.29, 1.82) is 4.78 Å². The van der Waals surface area contributed by atoms with E-state index < -0.39 is 15.8 Å². The number of carbonyl (C=O) groups is 1. The summed E-state index contributed by atoms with van der Waals surface area (Å²) in [5.41, 5.74) is 1.84. The van der Waals surface area contributed by atoms with E-state index in [2.05, 4.69) is 15.7 Å². The van der Waals surface area contributed by atoms with Gasteiger partial charge in [0.25, 0.3) is 0 Å². The van der Waals surface area contributed by atoms with Gasteiger partial charge in [-0.25, -0.2) is 19.0 Å². The van der Waals surface area contributed by atoms with E-state index in [9.17, 15) is 9.00 Å². The first-order valence-corrected chi connectivity index (χ1v) is 12.4. The first kappa shape index (κ1) is 20.4. The van der Waals surface area contributed by atoms with Gasteiger partial charge in [-0.05, 0) is 43.5 Å². The molecule has 0 unspecified atom stereocenters. The Morgan fingerprint density at radius 1 is 1.12 bits per heavy atom. The van der Waals surface area contributed by atoms with E-state index in [0.717, 1.165) is 23.7 Å². The smallest absolute Gasteiger partial charge is 0.242 e.